The van der Waals surface area contributed by atoms with Crippen LogP contribution in [-0.4, -0.2) is 6.61 Å². The Morgan fingerprint density at radius 2 is 1.89 bits per heavy atom. The molecule has 2 nitrogen and oxygen atoms in total. The van der Waals surface area contributed by atoms with Crippen LogP contribution in [0.1, 0.15) is 23.6 Å². The van der Waals surface area contributed by atoms with E-state index in [1.165, 1.54) is 17.7 Å². The summed E-state index contributed by atoms with van der Waals surface area (Å²) in [6, 6.07) is 15.0. The second-order valence-electron chi connectivity index (χ2n) is 4.73. The van der Waals surface area contributed by atoms with E-state index in [1.54, 1.807) is 0 Å². The zero-order valence-electron chi connectivity index (χ0n) is 10.6. The van der Waals surface area contributed by atoms with E-state index in [0.717, 1.165) is 30.9 Å². The van der Waals surface area contributed by atoms with Gasteiger partial charge in [0, 0.05) is 24.6 Å². The van der Waals surface area contributed by atoms with Crippen LogP contribution >= 0.6 is 0 Å². The molecule has 98 valence electrons. The van der Waals surface area contributed by atoms with E-state index in [9.17, 15) is 4.39 Å². The molecule has 2 aromatic rings. The van der Waals surface area contributed by atoms with Gasteiger partial charge in [-0.05, 0) is 23.8 Å². The van der Waals surface area contributed by atoms with Gasteiger partial charge in [0.1, 0.15) is 11.6 Å². The van der Waals surface area contributed by atoms with E-state index < -0.39 is 0 Å². The number of hydrogen-bond acceptors (Lipinski definition) is 2. The van der Waals surface area contributed by atoms with Crippen LogP contribution in [0.15, 0.2) is 48.5 Å². The van der Waals surface area contributed by atoms with Crippen molar-refractivity contribution < 1.29 is 9.13 Å². The van der Waals surface area contributed by atoms with Gasteiger partial charge in [-0.3, -0.25) is 0 Å². The van der Waals surface area contributed by atoms with Crippen molar-refractivity contribution in [3.05, 3.63) is 65.5 Å². The normalized spacial score (nSPS) is 17.6. The lowest BCUT2D eigenvalue weighted by molar-refractivity contribution is 0.252. The van der Waals surface area contributed by atoms with Crippen LogP contribution in [0.4, 0.5) is 4.39 Å². The smallest absolute Gasteiger partial charge is 0.124 e. The molecule has 3 heteroatoms. The average molecular weight is 257 g/mol. The van der Waals surface area contributed by atoms with Crippen molar-refractivity contribution in [1.82, 2.24) is 5.32 Å². The third-order valence-corrected chi connectivity index (χ3v) is 3.42. The fourth-order valence-electron chi connectivity index (χ4n) is 2.40. The minimum absolute atomic E-state index is 0.194. The third kappa shape index (κ3) is 2.76. The Labute approximate surface area is 112 Å². The van der Waals surface area contributed by atoms with Crippen molar-refractivity contribution in [3.63, 3.8) is 0 Å². The summed E-state index contributed by atoms with van der Waals surface area (Å²) in [5.74, 6) is 0.769. The van der Waals surface area contributed by atoms with Crippen LogP contribution in [0.25, 0.3) is 0 Å². The van der Waals surface area contributed by atoms with Gasteiger partial charge in [-0.25, -0.2) is 4.39 Å². The van der Waals surface area contributed by atoms with Gasteiger partial charge >= 0.3 is 0 Å². The van der Waals surface area contributed by atoms with E-state index in [4.69, 9.17) is 4.74 Å². The van der Waals surface area contributed by atoms with Crippen molar-refractivity contribution >= 4 is 0 Å². The van der Waals surface area contributed by atoms with Gasteiger partial charge in [0.05, 0.1) is 6.61 Å². The summed E-state index contributed by atoms with van der Waals surface area (Å²) >= 11 is 0. The summed E-state index contributed by atoms with van der Waals surface area (Å²) in [6.45, 7) is 1.47. The Balaban J connectivity index is 1.69. The van der Waals surface area contributed by atoms with Crippen LogP contribution in [0.3, 0.4) is 0 Å². The van der Waals surface area contributed by atoms with E-state index in [1.807, 2.05) is 30.3 Å². The monoisotopic (exact) mass is 257 g/mol. The fourth-order valence-corrected chi connectivity index (χ4v) is 2.40. The highest BCUT2D eigenvalue weighted by molar-refractivity contribution is 5.37. The molecule has 0 saturated heterocycles. The highest BCUT2D eigenvalue weighted by atomic mass is 19.1. The summed E-state index contributed by atoms with van der Waals surface area (Å²) in [4.78, 5) is 0. The minimum atomic E-state index is -0.194. The summed E-state index contributed by atoms with van der Waals surface area (Å²) in [7, 11) is 0. The fraction of sp³-hybridized carbons (Fsp3) is 0.250. The first-order valence-corrected chi connectivity index (χ1v) is 6.52. The number of fused-ring (bicyclic) bond motifs is 1. The number of rotatable bonds is 3. The topological polar surface area (TPSA) is 21.3 Å². The van der Waals surface area contributed by atoms with Gasteiger partial charge in [0.25, 0.3) is 0 Å². The molecule has 0 radical (unpaired) electrons. The van der Waals surface area contributed by atoms with Gasteiger partial charge in [0.15, 0.2) is 0 Å². The standard InChI is InChI=1S/C16H16FNO/c17-13-7-5-12(6-8-13)11-18-15-9-10-19-16-4-2-1-3-14(15)16/h1-8,15,18H,9-11H2. The molecule has 1 unspecified atom stereocenters. The van der Waals surface area contributed by atoms with Crippen molar-refractivity contribution in [2.75, 3.05) is 6.61 Å². The lowest BCUT2D eigenvalue weighted by Gasteiger charge is -2.26. The van der Waals surface area contributed by atoms with Crippen LogP contribution < -0.4 is 10.1 Å². The lowest BCUT2D eigenvalue weighted by atomic mass is 10.0. The van der Waals surface area contributed by atoms with Crippen molar-refractivity contribution in [2.45, 2.75) is 19.0 Å². The first-order valence-electron chi connectivity index (χ1n) is 6.52. The maximum atomic E-state index is 12.8. The van der Waals surface area contributed by atoms with E-state index in [-0.39, 0.29) is 5.82 Å². The Kier molecular flexibility index (Phi) is 3.47. The summed E-state index contributed by atoms with van der Waals surface area (Å²) < 4.78 is 18.5. The Hall–Kier alpha value is -1.87. The van der Waals surface area contributed by atoms with Gasteiger partial charge in [-0.1, -0.05) is 30.3 Å². The second kappa shape index (κ2) is 5.41. The summed E-state index contributed by atoms with van der Waals surface area (Å²) in [5, 5.41) is 3.51. The molecule has 3 rings (SSSR count). The summed E-state index contributed by atoms with van der Waals surface area (Å²) in [6.07, 6.45) is 0.957. The van der Waals surface area contributed by atoms with E-state index in [0.29, 0.717) is 6.04 Å². The second-order valence-corrected chi connectivity index (χ2v) is 4.73. The van der Waals surface area contributed by atoms with Crippen LogP contribution in [-0.2, 0) is 6.54 Å². The number of hydrogen-bond donors (Lipinski definition) is 1. The molecule has 1 heterocycles. The minimum Gasteiger partial charge on any atom is -0.493 e. The largest absolute Gasteiger partial charge is 0.493 e. The number of benzene rings is 2. The van der Waals surface area contributed by atoms with E-state index >= 15 is 0 Å². The number of ether oxygens (including phenoxy) is 1. The molecule has 0 fully saturated rings. The van der Waals surface area contributed by atoms with Gasteiger partial charge < -0.3 is 10.1 Å². The van der Waals surface area contributed by atoms with Gasteiger partial charge in [-0.15, -0.1) is 0 Å². The molecule has 0 aliphatic carbocycles. The molecule has 1 aliphatic rings. The molecule has 0 saturated carbocycles. The molecule has 0 aromatic heterocycles. The zero-order valence-corrected chi connectivity index (χ0v) is 10.6. The molecule has 1 atom stereocenters. The van der Waals surface area contributed by atoms with Crippen molar-refractivity contribution in [2.24, 2.45) is 0 Å². The highest BCUT2D eigenvalue weighted by Gasteiger charge is 2.20. The Morgan fingerprint density at radius 1 is 1.11 bits per heavy atom. The first kappa shape index (κ1) is 12.2. The quantitative estimate of drug-likeness (QED) is 0.909. The number of halogens is 1. The molecule has 2 aromatic carbocycles. The molecule has 1 aliphatic heterocycles. The third-order valence-electron chi connectivity index (χ3n) is 3.42. The Bertz CT molecular complexity index is 553. The first-order chi connectivity index (χ1) is 9.33. The Morgan fingerprint density at radius 3 is 2.74 bits per heavy atom. The molecule has 1 N–H and O–H groups in total. The highest BCUT2D eigenvalue weighted by Crippen LogP contribution is 2.31. The molecular weight excluding hydrogens is 241 g/mol. The molecule has 19 heavy (non-hydrogen) atoms. The molecule has 0 spiro atoms. The summed E-state index contributed by atoms with van der Waals surface area (Å²) in [5.41, 5.74) is 2.29. The predicted octanol–water partition coefficient (Wildman–Crippen LogP) is 3.44. The van der Waals surface area contributed by atoms with Crippen LogP contribution in [0.5, 0.6) is 5.75 Å². The number of nitrogens with one attached hydrogen (secondary N) is 1. The SMILES string of the molecule is Fc1ccc(CNC2CCOc3ccccc32)cc1. The maximum Gasteiger partial charge on any atom is 0.124 e. The molecule has 0 bridgehead atoms. The van der Waals surface area contributed by atoms with Gasteiger partial charge in [0.2, 0.25) is 0 Å². The number of para-hydroxylation sites is 1. The van der Waals surface area contributed by atoms with Gasteiger partial charge in [-0.2, -0.15) is 0 Å². The van der Waals surface area contributed by atoms with Crippen LogP contribution in [0, 0.1) is 5.82 Å². The molecular formula is C16H16FNO. The zero-order chi connectivity index (χ0) is 13.1. The average Bonchev–Trinajstić information content (AvgIpc) is 2.47. The van der Waals surface area contributed by atoms with Crippen LogP contribution in [0.2, 0.25) is 0 Å². The maximum absolute atomic E-state index is 12.8. The van der Waals surface area contributed by atoms with Crippen molar-refractivity contribution in [3.8, 4) is 5.75 Å². The van der Waals surface area contributed by atoms with E-state index in [2.05, 4.69) is 11.4 Å². The predicted molar refractivity (Wildman–Crippen MR) is 72.5 cm³/mol. The van der Waals surface area contributed by atoms with Crippen molar-refractivity contribution in [1.29, 1.82) is 0 Å². The molecule has 0 amide bonds. The lowest BCUT2D eigenvalue weighted by Crippen LogP contribution is -2.26.